The molecule has 1 atom stereocenters. The second-order valence-corrected chi connectivity index (χ2v) is 7.30. The molecule has 1 amide bonds. The van der Waals surface area contributed by atoms with Gasteiger partial charge in [0.2, 0.25) is 5.91 Å². The Morgan fingerprint density at radius 2 is 1.96 bits per heavy atom. The number of ether oxygens (including phenoxy) is 1. The topological polar surface area (TPSA) is 32.8 Å². The minimum absolute atomic E-state index is 0.174. The highest BCUT2D eigenvalue weighted by molar-refractivity contribution is 5.85. The molecule has 0 N–H and O–H groups in total. The van der Waals surface area contributed by atoms with Crippen molar-refractivity contribution < 1.29 is 22.7 Å². The van der Waals surface area contributed by atoms with Gasteiger partial charge in [-0.05, 0) is 43.5 Å². The zero-order valence-electron chi connectivity index (χ0n) is 15.2. The summed E-state index contributed by atoms with van der Waals surface area (Å²) in [6.07, 6.45) is -1.98. The molecule has 0 radical (unpaired) electrons. The number of amides is 1. The summed E-state index contributed by atoms with van der Waals surface area (Å²) in [7, 11) is 1.35. The first-order valence-electron chi connectivity index (χ1n) is 9.05. The van der Waals surface area contributed by atoms with Crippen LogP contribution in [0.1, 0.15) is 37.3 Å². The van der Waals surface area contributed by atoms with Gasteiger partial charge in [-0.2, -0.15) is 13.2 Å². The van der Waals surface area contributed by atoms with Crippen molar-refractivity contribution in [3.8, 4) is 5.75 Å². The van der Waals surface area contributed by atoms with E-state index in [0.29, 0.717) is 13.1 Å². The van der Waals surface area contributed by atoms with Gasteiger partial charge in [-0.25, -0.2) is 0 Å². The summed E-state index contributed by atoms with van der Waals surface area (Å²) in [5.41, 5.74) is -0.839. The number of carbonyl (C=O) groups is 1. The van der Waals surface area contributed by atoms with Crippen molar-refractivity contribution in [2.75, 3.05) is 33.3 Å². The van der Waals surface area contributed by atoms with Crippen LogP contribution in [0.3, 0.4) is 0 Å². The predicted molar refractivity (Wildman–Crippen MR) is 91.8 cm³/mol. The normalized spacial score (nSPS) is 24.0. The standard InChI is InChI=1S/C19H25F3N2O2/c1-3-8-24-10-7-18(17(24)25)6-9-23(13-18)12-14-4-5-15(26-2)11-16(14)19(20,21)22/h4-5,11H,3,6-10,12-13H2,1-2H3. The third-order valence-electron chi connectivity index (χ3n) is 5.54. The van der Waals surface area contributed by atoms with Crippen LogP contribution < -0.4 is 4.74 Å². The maximum absolute atomic E-state index is 13.4. The number of methoxy groups -OCH3 is 1. The summed E-state index contributed by atoms with van der Waals surface area (Å²) in [5, 5.41) is 0. The quantitative estimate of drug-likeness (QED) is 0.795. The first-order chi connectivity index (χ1) is 12.3. The zero-order valence-corrected chi connectivity index (χ0v) is 15.2. The Morgan fingerprint density at radius 3 is 2.62 bits per heavy atom. The van der Waals surface area contributed by atoms with Crippen molar-refractivity contribution in [2.45, 2.75) is 38.9 Å². The SMILES string of the molecule is CCCN1CCC2(CCN(Cc3ccc(OC)cc3C(F)(F)F)C2)C1=O. The van der Waals surface area contributed by atoms with Crippen LogP contribution in [-0.4, -0.2) is 49.0 Å². The van der Waals surface area contributed by atoms with Crippen LogP contribution >= 0.6 is 0 Å². The van der Waals surface area contributed by atoms with Gasteiger partial charge in [0.15, 0.2) is 0 Å². The molecule has 0 saturated carbocycles. The third-order valence-corrected chi connectivity index (χ3v) is 5.54. The van der Waals surface area contributed by atoms with Crippen molar-refractivity contribution in [1.82, 2.24) is 9.80 Å². The minimum Gasteiger partial charge on any atom is -0.497 e. The van der Waals surface area contributed by atoms with E-state index in [1.54, 1.807) is 6.07 Å². The van der Waals surface area contributed by atoms with Crippen LogP contribution in [0.15, 0.2) is 18.2 Å². The molecule has 2 aliphatic rings. The molecule has 144 valence electrons. The van der Waals surface area contributed by atoms with Gasteiger partial charge in [0.05, 0.1) is 18.1 Å². The van der Waals surface area contributed by atoms with E-state index in [0.717, 1.165) is 38.4 Å². The first kappa shape index (κ1) is 19.0. The Bertz CT molecular complexity index is 677. The average molecular weight is 370 g/mol. The maximum atomic E-state index is 13.4. The van der Waals surface area contributed by atoms with Crippen LogP contribution in [0.5, 0.6) is 5.75 Å². The molecule has 1 unspecified atom stereocenters. The van der Waals surface area contributed by atoms with Gasteiger partial charge in [0, 0.05) is 26.2 Å². The summed E-state index contributed by atoms with van der Waals surface area (Å²) in [6.45, 7) is 4.95. The molecule has 2 fully saturated rings. The van der Waals surface area contributed by atoms with E-state index in [9.17, 15) is 18.0 Å². The molecule has 1 spiro atoms. The highest BCUT2D eigenvalue weighted by Crippen LogP contribution is 2.42. The summed E-state index contributed by atoms with van der Waals surface area (Å²) < 4.78 is 45.1. The number of rotatable bonds is 5. The van der Waals surface area contributed by atoms with Crippen molar-refractivity contribution in [3.63, 3.8) is 0 Å². The molecule has 7 heteroatoms. The number of nitrogens with zero attached hydrogens (tertiary/aromatic N) is 2. The Hall–Kier alpha value is -1.76. The second-order valence-electron chi connectivity index (χ2n) is 7.30. The largest absolute Gasteiger partial charge is 0.497 e. The second kappa shape index (κ2) is 7.10. The molecule has 0 aromatic heterocycles. The summed E-state index contributed by atoms with van der Waals surface area (Å²) in [6, 6.07) is 4.08. The molecule has 1 aromatic rings. The van der Waals surface area contributed by atoms with Gasteiger partial charge in [-0.15, -0.1) is 0 Å². The van der Waals surface area contributed by atoms with Gasteiger partial charge in [0.1, 0.15) is 5.75 Å². The van der Waals surface area contributed by atoms with Gasteiger partial charge in [0.25, 0.3) is 0 Å². The Kier molecular flexibility index (Phi) is 5.19. The number of hydrogen-bond acceptors (Lipinski definition) is 3. The maximum Gasteiger partial charge on any atom is 0.416 e. The number of benzene rings is 1. The van der Waals surface area contributed by atoms with Crippen LogP contribution in [0.4, 0.5) is 13.2 Å². The number of likely N-dealkylation sites (tertiary alicyclic amines) is 2. The van der Waals surface area contributed by atoms with Crippen LogP contribution in [0.2, 0.25) is 0 Å². The molecule has 2 saturated heterocycles. The summed E-state index contributed by atoms with van der Waals surface area (Å²) >= 11 is 0. The van der Waals surface area contributed by atoms with Crippen LogP contribution in [0, 0.1) is 5.41 Å². The van der Waals surface area contributed by atoms with Gasteiger partial charge >= 0.3 is 6.18 Å². The van der Waals surface area contributed by atoms with E-state index < -0.39 is 17.2 Å². The molecular weight excluding hydrogens is 345 g/mol. The van der Waals surface area contributed by atoms with Gasteiger partial charge in [-0.1, -0.05) is 13.0 Å². The van der Waals surface area contributed by atoms with E-state index in [1.807, 2.05) is 16.7 Å². The fourth-order valence-corrected chi connectivity index (χ4v) is 4.17. The Labute approximate surface area is 151 Å². The minimum atomic E-state index is -4.43. The Balaban J connectivity index is 1.75. The zero-order chi connectivity index (χ0) is 18.9. The van der Waals surface area contributed by atoms with E-state index in [2.05, 4.69) is 0 Å². The number of hydrogen-bond donors (Lipinski definition) is 0. The molecule has 0 aliphatic carbocycles. The van der Waals surface area contributed by atoms with Crippen LogP contribution in [-0.2, 0) is 17.5 Å². The fourth-order valence-electron chi connectivity index (χ4n) is 4.17. The van der Waals surface area contributed by atoms with Crippen LogP contribution in [0.25, 0.3) is 0 Å². The lowest BCUT2D eigenvalue weighted by Crippen LogP contribution is -2.37. The highest BCUT2D eigenvalue weighted by atomic mass is 19.4. The predicted octanol–water partition coefficient (Wildman–Crippen LogP) is 3.55. The molecule has 2 heterocycles. The molecular formula is C19H25F3N2O2. The van der Waals surface area contributed by atoms with Gasteiger partial charge < -0.3 is 9.64 Å². The molecule has 2 aliphatic heterocycles. The van der Waals surface area contributed by atoms with E-state index in [4.69, 9.17) is 4.74 Å². The molecule has 0 bridgehead atoms. The monoisotopic (exact) mass is 370 g/mol. The van der Waals surface area contributed by atoms with Gasteiger partial charge in [-0.3, -0.25) is 9.69 Å². The number of halogens is 3. The molecule has 26 heavy (non-hydrogen) atoms. The number of alkyl halides is 3. The first-order valence-corrected chi connectivity index (χ1v) is 9.05. The Morgan fingerprint density at radius 1 is 1.23 bits per heavy atom. The van der Waals surface area contributed by atoms with Crippen molar-refractivity contribution in [2.24, 2.45) is 5.41 Å². The lowest BCUT2D eigenvalue weighted by atomic mass is 9.85. The number of carbonyl (C=O) groups excluding carboxylic acids is 1. The van der Waals surface area contributed by atoms with Crippen molar-refractivity contribution in [1.29, 1.82) is 0 Å². The lowest BCUT2D eigenvalue weighted by molar-refractivity contribution is -0.139. The molecule has 3 rings (SSSR count). The van der Waals surface area contributed by atoms with Crippen molar-refractivity contribution in [3.05, 3.63) is 29.3 Å². The van der Waals surface area contributed by atoms with E-state index in [1.165, 1.54) is 13.2 Å². The third kappa shape index (κ3) is 3.54. The van der Waals surface area contributed by atoms with Crippen molar-refractivity contribution >= 4 is 5.91 Å². The molecule has 4 nitrogen and oxygen atoms in total. The summed E-state index contributed by atoms with van der Waals surface area (Å²) in [4.78, 5) is 16.6. The molecule has 1 aromatic carbocycles. The van der Waals surface area contributed by atoms with E-state index in [-0.39, 0.29) is 23.8 Å². The highest BCUT2D eigenvalue weighted by Gasteiger charge is 2.50. The average Bonchev–Trinajstić information content (AvgIpc) is 3.14. The fraction of sp³-hybridized carbons (Fsp3) is 0.632. The summed E-state index contributed by atoms with van der Waals surface area (Å²) in [5.74, 6) is 0.368. The van der Waals surface area contributed by atoms with E-state index >= 15 is 0 Å². The lowest BCUT2D eigenvalue weighted by Gasteiger charge is -2.24. The smallest absolute Gasteiger partial charge is 0.416 e.